The highest BCUT2D eigenvalue weighted by molar-refractivity contribution is 6.38. The average Bonchev–Trinajstić information content (AvgIpc) is 3.57. The molecule has 0 radical (unpaired) electrons. The monoisotopic (exact) mass is 684 g/mol. The second-order valence-corrected chi connectivity index (χ2v) is 13.6. The number of nitrogens with one attached hydrogen (secondary N) is 1. The lowest BCUT2D eigenvalue weighted by molar-refractivity contribution is -0.113. The van der Waals surface area contributed by atoms with Gasteiger partial charge in [0.05, 0.1) is 36.8 Å². The first-order valence-corrected chi connectivity index (χ1v) is 17.8. The minimum atomic E-state index is -0.872. The van der Waals surface area contributed by atoms with Gasteiger partial charge in [-0.2, -0.15) is 0 Å². The van der Waals surface area contributed by atoms with Crippen LogP contribution in [0.3, 0.4) is 0 Å². The molecular weight excluding hydrogens is 649 g/mol. The van der Waals surface area contributed by atoms with Gasteiger partial charge in [0.1, 0.15) is 17.6 Å². The number of carbonyl (C=O) groups is 2. The molecule has 4 aliphatic rings. The second kappa shape index (κ2) is 13.2. The molecule has 7 nitrogen and oxygen atoms in total. The predicted molar refractivity (Wildman–Crippen MR) is 200 cm³/mol. The van der Waals surface area contributed by atoms with Crippen molar-refractivity contribution in [2.24, 2.45) is 10.9 Å². The van der Waals surface area contributed by atoms with E-state index in [1.54, 1.807) is 31.1 Å². The quantitative estimate of drug-likeness (QED) is 0.142. The van der Waals surface area contributed by atoms with E-state index >= 15 is 0 Å². The molecule has 3 heterocycles. The molecule has 1 N–H and O–H groups in total. The van der Waals surface area contributed by atoms with Crippen molar-refractivity contribution in [2.45, 2.75) is 31.3 Å². The van der Waals surface area contributed by atoms with Gasteiger partial charge < -0.3 is 18.6 Å². The lowest BCUT2D eigenvalue weighted by atomic mass is 9.78. The zero-order chi connectivity index (χ0) is 35.1. The number of Topliss-reactive ketones (excluding diaryl/α,β-unsaturated/α-hetero) is 2. The fraction of sp³-hybridized carbons (Fsp3) is 0.178. The van der Waals surface area contributed by atoms with Crippen LogP contribution in [-0.2, 0) is 21.6 Å². The summed E-state index contributed by atoms with van der Waals surface area (Å²) in [6.07, 6.45) is 12.7. The van der Waals surface area contributed by atoms with Crippen molar-refractivity contribution in [2.75, 3.05) is 13.2 Å². The first kappa shape index (κ1) is 31.9. The maximum atomic E-state index is 13.8. The van der Waals surface area contributed by atoms with Gasteiger partial charge in [0.25, 0.3) is 0 Å². The molecule has 1 saturated carbocycles. The summed E-state index contributed by atoms with van der Waals surface area (Å²) in [6, 6.07) is 33.0. The molecule has 9 rings (SSSR count). The van der Waals surface area contributed by atoms with E-state index in [1.165, 1.54) is 0 Å². The number of aromatic nitrogens is 1. The highest BCUT2D eigenvalue weighted by Gasteiger charge is 2.40. The number of rotatable bonds is 6. The number of benzene rings is 3. The molecule has 8 bridgehead atoms. The van der Waals surface area contributed by atoms with Crippen LogP contribution in [0.25, 0.3) is 17.2 Å². The Balaban J connectivity index is 1.20. The molecule has 3 aliphatic carbocycles. The minimum absolute atomic E-state index is 0.0434. The van der Waals surface area contributed by atoms with Crippen LogP contribution in [0, 0.1) is 5.92 Å². The van der Waals surface area contributed by atoms with Gasteiger partial charge in [0, 0.05) is 47.5 Å². The number of aromatic amines is 1. The van der Waals surface area contributed by atoms with E-state index in [9.17, 15) is 9.59 Å². The SMILES string of the molecule is O=C1CC(=O)c2cc3occ[nH]c2/C1=C1\C=C2CC[C@H](COC(c4ccccc4)(c4ccccc4)c4ccccc4)C(=NCC3)C2=Cc2cocc21. The van der Waals surface area contributed by atoms with Crippen LogP contribution >= 0.6 is 0 Å². The summed E-state index contributed by atoms with van der Waals surface area (Å²) < 4.78 is 19.1. The van der Waals surface area contributed by atoms with Crippen molar-refractivity contribution in [1.29, 1.82) is 0 Å². The normalized spacial score (nSPS) is 19.3. The molecular formula is C45H36N2O5. The number of carbonyl (C=O) groups excluding carboxylic acids is 2. The number of ether oxygens (including phenoxy) is 1. The van der Waals surface area contributed by atoms with Crippen LogP contribution in [0.15, 0.2) is 153 Å². The van der Waals surface area contributed by atoms with Gasteiger partial charge in [0.15, 0.2) is 11.6 Å². The van der Waals surface area contributed by atoms with Gasteiger partial charge in [-0.25, -0.2) is 0 Å². The van der Waals surface area contributed by atoms with Crippen molar-refractivity contribution >= 4 is 34.5 Å². The van der Waals surface area contributed by atoms with Gasteiger partial charge in [-0.1, -0.05) is 91.0 Å². The summed E-state index contributed by atoms with van der Waals surface area (Å²) in [5.41, 5.74) is 9.10. The van der Waals surface area contributed by atoms with E-state index < -0.39 is 5.60 Å². The van der Waals surface area contributed by atoms with Crippen molar-refractivity contribution in [3.63, 3.8) is 0 Å². The third-order valence-electron chi connectivity index (χ3n) is 10.6. The van der Waals surface area contributed by atoms with Crippen molar-refractivity contribution in [1.82, 2.24) is 4.98 Å². The van der Waals surface area contributed by atoms with Crippen LogP contribution in [0.1, 0.15) is 68.9 Å². The topological polar surface area (TPSA) is 97.8 Å². The molecule has 256 valence electrons. The van der Waals surface area contributed by atoms with Crippen LogP contribution < -0.4 is 0 Å². The largest absolute Gasteiger partial charge is 0.471 e. The lowest BCUT2D eigenvalue weighted by Gasteiger charge is -2.38. The van der Waals surface area contributed by atoms with Crippen LogP contribution in [0.2, 0.25) is 0 Å². The Morgan fingerprint density at radius 1 is 0.808 bits per heavy atom. The number of nitrogens with zero attached hydrogens (tertiary/aromatic N) is 1. The average molecular weight is 685 g/mol. The molecule has 0 unspecified atom stereocenters. The van der Waals surface area contributed by atoms with Crippen LogP contribution in [0.4, 0.5) is 0 Å². The smallest absolute Gasteiger partial charge is 0.173 e. The van der Waals surface area contributed by atoms with Crippen molar-refractivity contribution in [3.8, 4) is 0 Å². The highest BCUT2D eigenvalue weighted by atomic mass is 16.5. The summed E-state index contributed by atoms with van der Waals surface area (Å²) in [4.78, 5) is 35.7. The fourth-order valence-corrected chi connectivity index (χ4v) is 8.11. The zero-order valence-electron chi connectivity index (χ0n) is 28.5. The van der Waals surface area contributed by atoms with Gasteiger partial charge in [-0.3, -0.25) is 14.6 Å². The van der Waals surface area contributed by atoms with Crippen LogP contribution in [0.5, 0.6) is 0 Å². The van der Waals surface area contributed by atoms with Crippen LogP contribution in [-0.4, -0.2) is 35.4 Å². The van der Waals surface area contributed by atoms with E-state index in [4.69, 9.17) is 18.6 Å². The third-order valence-corrected chi connectivity index (χ3v) is 10.6. The summed E-state index contributed by atoms with van der Waals surface area (Å²) in [5, 5.41) is 0. The molecule has 1 atom stereocenters. The van der Waals surface area contributed by atoms with Gasteiger partial charge >= 0.3 is 0 Å². The molecule has 3 aromatic carbocycles. The highest BCUT2D eigenvalue weighted by Crippen LogP contribution is 2.45. The molecule has 5 aromatic rings. The Morgan fingerprint density at radius 3 is 2.19 bits per heavy atom. The van der Waals surface area contributed by atoms with E-state index in [-0.39, 0.29) is 23.9 Å². The minimum Gasteiger partial charge on any atom is -0.471 e. The maximum absolute atomic E-state index is 13.8. The lowest BCUT2D eigenvalue weighted by Crippen LogP contribution is -2.37. The Hall–Kier alpha value is -6.05. The third kappa shape index (κ3) is 5.45. The number of aliphatic imine (C=N–C) groups is 1. The number of furan rings is 1. The molecule has 1 fully saturated rings. The number of H-pyrrole nitrogens is 1. The molecule has 52 heavy (non-hydrogen) atoms. The zero-order valence-corrected chi connectivity index (χ0v) is 28.5. The molecule has 0 amide bonds. The summed E-state index contributed by atoms with van der Waals surface area (Å²) in [7, 11) is 0. The number of allylic oxidation sites excluding steroid dienone is 5. The first-order chi connectivity index (χ1) is 25.6. The molecule has 0 spiro atoms. The summed E-state index contributed by atoms with van der Waals surface area (Å²) in [6.45, 7) is 0.842. The number of fused-ring (bicyclic) bond motifs is 4. The predicted octanol–water partition coefficient (Wildman–Crippen LogP) is 9.13. The van der Waals surface area contributed by atoms with E-state index in [0.29, 0.717) is 42.2 Å². The molecule has 1 aliphatic heterocycles. The number of ketones is 2. The first-order valence-electron chi connectivity index (χ1n) is 17.8. The number of hydrogen-bond donors (Lipinski definition) is 1. The van der Waals surface area contributed by atoms with Gasteiger partial charge in [-0.15, -0.1) is 0 Å². The molecule has 7 heteroatoms. The standard InChI is InChI=1S/C45H36N2O5/c48-40-25-41(49)42-37-22-29-16-17-30(27-52-45(32-10-4-1-5-11-32,33-12-6-2-7-13-33)34-14-8-3-9-15-34)43(36(29)23-31-26-50-28-39(31)37)46-19-18-35-24-38(40)44(42)47-20-21-51-35/h1-15,20-24,26,28,30,47H,16-19,25,27H2/b21-20?,35-24?,42-37+,46-43?/t30-/m1/s1. The van der Waals surface area contributed by atoms with Gasteiger partial charge in [0.2, 0.25) is 0 Å². The Labute approximate surface area is 301 Å². The Morgan fingerprint density at radius 2 is 1.50 bits per heavy atom. The van der Waals surface area contributed by atoms with Gasteiger partial charge in [-0.05, 0) is 64.5 Å². The second-order valence-electron chi connectivity index (χ2n) is 13.6. The molecule has 2 aromatic heterocycles. The maximum Gasteiger partial charge on any atom is 0.173 e. The van der Waals surface area contributed by atoms with E-state index in [1.807, 2.05) is 18.2 Å². The fourth-order valence-electron chi connectivity index (χ4n) is 8.11. The Kier molecular flexibility index (Phi) is 8.13. The van der Waals surface area contributed by atoms with Crippen molar-refractivity contribution < 1.29 is 23.2 Å². The van der Waals surface area contributed by atoms with E-state index in [2.05, 4.69) is 89.9 Å². The Bertz CT molecular complexity index is 2270. The molecule has 0 saturated heterocycles. The summed E-state index contributed by atoms with van der Waals surface area (Å²) in [5.74, 6) is 0.0975. The van der Waals surface area contributed by atoms with Crippen molar-refractivity contribution in [3.05, 3.63) is 184 Å². The summed E-state index contributed by atoms with van der Waals surface area (Å²) >= 11 is 0. The number of hydrogen-bond acceptors (Lipinski definition) is 6. The van der Waals surface area contributed by atoms with E-state index in [0.717, 1.165) is 63.1 Å².